The summed E-state index contributed by atoms with van der Waals surface area (Å²) in [6.07, 6.45) is -5.23. The number of carbonyl (C=O) groups excluding carboxylic acids is 2. The Labute approximate surface area is 178 Å². The molecule has 0 radical (unpaired) electrons. The van der Waals surface area contributed by atoms with Gasteiger partial charge in [0.1, 0.15) is 12.4 Å². The summed E-state index contributed by atoms with van der Waals surface area (Å²) in [6, 6.07) is 8.19. The van der Waals surface area contributed by atoms with Crippen molar-refractivity contribution in [3.8, 4) is 0 Å². The Kier molecular flexibility index (Phi) is 7.92. The molecule has 0 saturated heterocycles. The first-order valence-electron chi connectivity index (χ1n) is 8.78. The normalized spacial score (nSPS) is 11.1. The minimum absolute atomic E-state index is 0.0628. The van der Waals surface area contributed by atoms with Crippen LogP contribution in [-0.4, -0.2) is 40.9 Å². The third-order valence-electron chi connectivity index (χ3n) is 4.07. The Morgan fingerprint density at radius 1 is 1.16 bits per heavy atom. The summed E-state index contributed by atoms with van der Waals surface area (Å²) in [4.78, 5) is 35.2. The molecule has 0 aliphatic rings. The molecule has 0 fully saturated rings. The van der Waals surface area contributed by atoms with E-state index in [4.69, 9.17) is 11.6 Å². The third-order valence-corrected chi connectivity index (χ3v) is 4.39. The van der Waals surface area contributed by atoms with E-state index in [9.17, 15) is 37.3 Å². The van der Waals surface area contributed by atoms with Crippen LogP contribution in [0.2, 0.25) is 5.02 Å². The summed E-state index contributed by atoms with van der Waals surface area (Å²) in [5, 5.41) is 13.2. The van der Waals surface area contributed by atoms with E-state index in [1.165, 1.54) is 18.2 Å². The summed E-state index contributed by atoms with van der Waals surface area (Å²) < 4.78 is 51.9. The van der Waals surface area contributed by atoms with Crippen LogP contribution in [0, 0.1) is 15.9 Å². The van der Waals surface area contributed by atoms with E-state index in [1.807, 2.05) is 0 Å². The van der Waals surface area contributed by atoms with Crippen LogP contribution in [0.15, 0.2) is 42.5 Å². The fourth-order valence-corrected chi connectivity index (χ4v) is 2.94. The maximum absolute atomic E-state index is 13.0. The van der Waals surface area contributed by atoms with Gasteiger partial charge >= 0.3 is 6.18 Å². The zero-order chi connectivity index (χ0) is 23.2. The van der Waals surface area contributed by atoms with E-state index >= 15 is 0 Å². The van der Waals surface area contributed by atoms with Gasteiger partial charge in [-0.3, -0.25) is 19.7 Å². The second kappa shape index (κ2) is 10.2. The molecule has 0 aliphatic carbocycles. The molecule has 0 heterocycles. The number of para-hydroxylation sites is 1. The van der Waals surface area contributed by atoms with E-state index in [1.54, 1.807) is 0 Å². The lowest BCUT2D eigenvalue weighted by Gasteiger charge is -2.24. The predicted molar refractivity (Wildman–Crippen MR) is 103 cm³/mol. The summed E-state index contributed by atoms with van der Waals surface area (Å²) in [7, 11) is 0. The first-order valence-corrected chi connectivity index (χ1v) is 9.16. The smallest absolute Gasteiger partial charge is 0.351 e. The minimum atomic E-state index is -4.73. The Morgan fingerprint density at radius 3 is 2.45 bits per heavy atom. The van der Waals surface area contributed by atoms with E-state index in [2.05, 4.69) is 5.32 Å². The molecule has 0 aliphatic heterocycles. The van der Waals surface area contributed by atoms with E-state index < -0.39 is 53.9 Å². The Morgan fingerprint density at radius 2 is 1.84 bits per heavy atom. The number of amides is 2. The van der Waals surface area contributed by atoms with Crippen molar-refractivity contribution in [2.24, 2.45) is 0 Å². The third kappa shape index (κ3) is 7.21. The standard InChI is InChI=1S/C19H16ClF4N3O4/c20-15-9-13(21)5-6-14(15)18(29)25-8-7-17(28)26(11-19(22,23)24)10-12-3-1-2-4-16(12)27(30)31/h1-6,9H,7-8,10-11H2,(H,25,29). The molecular weight excluding hydrogens is 446 g/mol. The number of nitro benzene ring substituents is 1. The number of alkyl halides is 3. The summed E-state index contributed by atoms with van der Waals surface area (Å²) in [5.41, 5.74) is -0.545. The van der Waals surface area contributed by atoms with Crippen molar-refractivity contribution >= 4 is 29.1 Å². The lowest BCUT2D eigenvalue weighted by Crippen LogP contribution is -2.40. The first-order chi connectivity index (χ1) is 14.5. The van der Waals surface area contributed by atoms with Crippen LogP contribution in [0.1, 0.15) is 22.3 Å². The number of carbonyl (C=O) groups is 2. The average molecular weight is 462 g/mol. The molecule has 0 unspecified atom stereocenters. The molecule has 0 aromatic heterocycles. The van der Waals surface area contributed by atoms with Crippen molar-refractivity contribution in [2.45, 2.75) is 19.1 Å². The highest BCUT2D eigenvalue weighted by Crippen LogP contribution is 2.23. The number of rotatable bonds is 8. The lowest BCUT2D eigenvalue weighted by molar-refractivity contribution is -0.385. The van der Waals surface area contributed by atoms with E-state index in [-0.39, 0.29) is 22.7 Å². The Balaban J connectivity index is 2.06. The fourth-order valence-electron chi connectivity index (χ4n) is 2.69. The van der Waals surface area contributed by atoms with E-state index in [0.717, 1.165) is 24.3 Å². The molecule has 166 valence electrons. The van der Waals surface area contributed by atoms with Crippen LogP contribution >= 0.6 is 11.6 Å². The van der Waals surface area contributed by atoms with Crippen LogP contribution in [0.3, 0.4) is 0 Å². The van der Waals surface area contributed by atoms with Gasteiger partial charge in [-0.2, -0.15) is 13.2 Å². The largest absolute Gasteiger partial charge is 0.406 e. The number of nitrogens with zero attached hydrogens (tertiary/aromatic N) is 2. The summed E-state index contributed by atoms with van der Waals surface area (Å²) in [6.45, 7) is -2.57. The van der Waals surface area contributed by atoms with Crippen molar-refractivity contribution in [1.29, 1.82) is 0 Å². The highest BCUT2D eigenvalue weighted by Gasteiger charge is 2.33. The van der Waals surface area contributed by atoms with Crippen molar-refractivity contribution in [3.63, 3.8) is 0 Å². The molecule has 31 heavy (non-hydrogen) atoms. The zero-order valence-corrected chi connectivity index (χ0v) is 16.5. The van der Waals surface area contributed by atoms with Gasteiger partial charge in [0, 0.05) is 24.6 Å². The van der Waals surface area contributed by atoms with Gasteiger partial charge in [-0.05, 0) is 18.2 Å². The van der Waals surface area contributed by atoms with E-state index in [0.29, 0.717) is 4.90 Å². The molecule has 1 N–H and O–H groups in total. The second-order valence-corrected chi connectivity index (χ2v) is 6.79. The zero-order valence-electron chi connectivity index (χ0n) is 15.8. The quantitative estimate of drug-likeness (QED) is 0.364. The van der Waals surface area contributed by atoms with Crippen LogP contribution < -0.4 is 5.32 Å². The van der Waals surface area contributed by atoms with Crippen LogP contribution in [0.25, 0.3) is 0 Å². The predicted octanol–water partition coefficient (Wildman–Crippen LogP) is 4.10. The second-order valence-electron chi connectivity index (χ2n) is 6.38. The highest BCUT2D eigenvalue weighted by molar-refractivity contribution is 6.33. The summed E-state index contributed by atoms with van der Waals surface area (Å²) >= 11 is 5.76. The molecule has 12 heteroatoms. The SMILES string of the molecule is O=C(NCCC(=O)N(Cc1ccccc1[N+](=O)[O-])CC(F)(F)F)c1ccc(F)cc1Cl. The number of nitrogens with one attached hydrogen (secondary N) is 1. The molecular formula is C19H16ClF4N3O4. The first kappa shape index (κ1) is 24.1. The number of halogens is 5. The maximum Gasteiger partial charge on any atom is 0.406 e. The van der Waals surface area contributed by atoms with Gasteiger partial charge in [-0.1, -0.05) is 29.8 Å². The molecule has 0 saturated carbocycles. The lowest BCUT2D eigenvalue weighted by atomic mass is 10.1. The van der Waals surface area contributed by atoms with Crippen LogP contribution in [0.5, 0.6) is 0 Å². The minimum Gasteiger partial charge on any atom is -0.351 e. The fraction of sp³-hybridized carbons (Fsp3) is 0.263. The van der Waals surface area contributed by atoms with Gasteiger partial charge in [0.05, 0.1) is 22.1 Å². The van der Waals surface area contributed by atoms with Gasteiger partial charge in [-0.15, -0.1) is 0 Å². The van der Waals surface area contributed by atoms with Crippen LogP contribution in [-0.2, 0) is 11.3 Å². The molecule has 2 amide bonds. The Hall–Kier alpha value is -3.21. The highest BCUT2D eigenvalue weighted by atomic mass is 35.5. The number of nitro groups is 1. The monoisotopic (exact) mass is 461 g/mol. The molecule has 7 nitrogen and oxygen atoms in total. The van der Waals surface area contributed by atoms with Crippen molar-refractivity contribution in [1.82, 2.24) is 10.2 Å². The Bertz CT molecular complexity index is 985. The maximum atomic E-state index is 13.0. The van der Waals surface area contributed by atoms with Gasteiger partial charge in [0.25, 0.3) is 11.6 Å². The average Bonchev–Trinajstić information content (AvgIpc) is 2.66. The van der Waals surface area contributed by atoms with Gasteiger partial charge < -0.3 is 10.2 Å². The van der Waals surface area contributed by atoms with Gasteiger partial charge in [-0.25, -0.2) is 4.39 Å². The number of benzene rings is 2. The summed E-state index contributed by atoms with van der Waals surface area (Å²) in [5.74, 6) is -2.37. The molecule has 0 atom stereocenters. The molecule has 2 aromatic carbocycles. The molecule has 0 bridgehead atoms. The van der Waals surface area contributed by atoms with Gasteiger partial charge in [0.2, 0.25) is 5.91 Å². The van der Waals surface area contributed by atoms with Crippen molar-refractivity contribution < 1.29 is 32.1 Å². The topological polar surface area (TPSA) is 92.6 Å². The number of hydrogen-bond donors (Lipinski definition) is 1. The van der Waals surface area contributed by atoms with Gasteiger partial charge in [0.15, 0.2) is 0 Å². The van der Waals surface area contributed by atoms with Crippen molar-refractivity contribution in [2.75, 3.05) is 13.1 Å². The molecule has 0 spiro atoms. The molecule has 2 rings (SSSR count). The number of hydrogen-bond acceptors (Lipinski definition) is 4. The van der Waals surface area contributed by atoms with Crippen molar-refractivity contribution in [3.05, 3.63) is 74.5 Å². The molecule has 2 aromatic rings. The van der Waals surface area contributed by atoms with Crippen LogP contribution in [0.4, 0.5) is 23.2 Å².